The molecule has 15 heavy (non-hydrogen) atoms. The number of hydrogen-bond acceptors (Lipinski definition) is 2. The van der Waals surface area contributed by atoms with Crippen molar-refractivity contribution in [1.82, 2.24) is 14.9 Å². The fourth-order valence-corrected chi connectivity index (χ4v) is 2.25. The van der Waals surface area contributed by atoms with Crippen molar-refractivity contribution in [3.63, 3.8) is 0 Å². The van der Waals surface area contributed by atoms with Crippen molar-refractivity contribution in [2.75, 3.05) is 6.54 Å². The van der Waals surface area contributed by atoms with Crippen LogP contribution in [-0.2, 0) is 13.0 Å². The lowest BCUT2D eigenvalue weighted by atomic mass is 10.1. The van der Waals surface area contributed by atoms with Gasteiger partial charge in [-0.05, 0) is 25.8 Å². The Hall–Kier alpha value is -0.830. The molecule has 0 radical (unpaired) electrons. The van der Waals surface area contributed by atoms with E-state index in [4.69, 9.17) is 4.98 Å². The van der Waals surface area contributed by atoms with Crippen LogP contribution in [0.3, 0.4) is 0 Å². The van der Waals surface area contributed by atoms with Gasteiger partial charge in [0.1, 0.15) is 5.82 Å². The molecule has 1 aromatic heterocycles. The highest BCUT2D eigenvalue weighted by atomic mass is 15.1. The summed E-state index contributed by atoms with van der Waals surface area (Å²) in [6.45, 7) is 6.65. The maximum Gasteiger partial charge on any atom is 0.126 e. The predicted molar refractivity (Wildman–Crippen MR) is 61.9 cm³/mol. The van der Waals surface area contributed by atoms with Crippen molar-refractivity contribution in [3.8, 4) is 0 Å². The first kappa shape index (κ1) is 10.7. The van der Waals surface area contributed by atoms with Gasteiger partial charge in [0, 0.05) is 12.7 Å². The van der Waals surface area contributed by atoms with E-state index >= 15 is 0 Å². The molecule has 0 aromatic carbocycles. The Morgan fingerprint density at radius 2 is 2.40 bits per heavy atom. The van der Waals surface area contributed by atoms with Crippen molar-refractivity contribution in [1.29, 1.82) is 0 Å². The molecule has 1 aliphatic heterocycles. The summed E-state index contributed by atoms with van der Waals surface area (Å²) < 4.78 is 2.35. The van der Waals surface area contributed by atoms with Gasteiger partial charge in [0.25, 0.3) is 0 Å². The number of imidazole rings is 1. The molecule has 0 unspecified atom stereocenters. The second-order valence-corrected chi connectivity index (χ2v) is 4.29. The summed E-state index contributed by atoms with van der Waals surface area (Å²) in [4.78, 5) is 4.73. The first-order valence-corrected chi connectivity index (χ1v) is 6.14. The molecule has 0 aliphatic carbocycles. The van der Waals surface area contributed by atoms with E-state index in [1.165, 1.54) is 30.8 Å². The Morgan fingerprint density at radius 3 is 3.13 bits per heavy atom. The monoisotopic (exact) mass is 207 g/mol. The van der Waals surface area contributed by atoms with E-state index in [0.29, 0.717) is 6.04 Å². The van der Waals surface area contributed by atoms with Crippen LogP contribution in [0.4, 0.5) is 0 Å². The quantitative estimate of drug-likeness (QED) is 0.824. The van der Waals surface area contributed by atoms with Gasteiger partial charge in [-0.3, -0.25) is 0 Å². The van der Waals surface area contributed by atoms with Crippen LogP contribution in [0, 0.1) is 0 Å². The molecule has 1 aliphatic rings. The SMILES string of the molecule is CCC[C@H]1NCCCn2cc(CC)nc21. The van der Waals surface area contributed by atoms with E-state index in [-0.39, 0.29) is 0 Å². The summed E-state index contributed by atoms with van der Waals surface area (Å²) in [5, 5.41) is 3.59. The van der Waals surface area contributed by atoms with Gasteiger partial charge in [-0.25, -0.2) is 4.98 Å². The van der Waals surface area contributed by atoms with Crippen LogP contribution in [0.5, 0.6) is 0 Å². The third-order valence-corrected chi connectivity index (χ3v) is 3.08. The molecule has 0 saturated carbocycles. The Bertz CT molecular complexity index is 317. The molecule has 1 N–H and O–H groups in total. The topological polar surface area (TPSA) is 29.9 Å². The Morgan fingerprint density at radius 1 is 1.53 bits per heavy atom. The fraction of sp³-hybridized carbons (Fsp3) is 0.750. The molecule has 84 valence electrons. The van der Waals surface area contributed by atoms with Crippen LogP contribution >= 0.6 is 0 Å². The van der Waals surface area contributed by atoms with Gasteiger partial charge in [-0.2, -0.15) is 0 Å². The molecule has 0 fully saturated rings. The number of aromatic nitrogens is 2. The Balaban J connectivity index is 2.26. The number of aryl methyl sites for hydroxylation is 2. The fourth-order valence-electron chi connectivity index (χ4n) is 2.25. The van der Waals surface area contributed by atoms with Gasteiger partial charge in [-0.15, -0.1) is 0 Å². The van der Waals surface area contributed by atoms with Crippen LogP contribution in [0.2, 0.25) is 0 Å². The maximum absolute atomic E-state index is 4.73. The predicted octanol–water partition coefficient (Wildman–Crippen LogP) is 2.28. The van der Waals surface area contributed by atoms with Crippen LogP contribution in [0.15, 0.2) is 6.20 Å². The lowest BCUT2D eigenvalue weighted by Crippen LogP contribution is -2.21. The molecule has 0 amide bonds. The summed E-state index contributed by atoms with van der Waals surface area (Å²) in [7, 11) is 0. The largest absolute Gasteiger partial charge is 0.333 e. The molecule has 3 heteroatoms. The van der Waals surface area contributed by atoms with Gasteiger partial charge in [0.05, 0.1) is 11.7 Å². The summed E-state index contributed by atoms with van der Waals surface area (Å²) in [5.41, 5.74) is 1.23. The average Bonchev–Trinajstić information content (AvgIpc) is 2.58. The highest BCUT2D eigenvalue weighted by Crippen LogP contribution is 2.21. The molecule has 0 saturated heterocycles. The summed E-state index contributed by atoms with van der Waals surface area (Å²) in [6.07, 6.45) is 6.89. The Labute approximate surface area is 91.9 Å². The lowest BCUT2D eigenvalue weighted by molar-refractivity contribution is 0.488. The summed E-state index contributed by atoms with van der Waals surface area (Å²) >= 11 is 0. The highest BCUT2D eigenvalue weighted by molar-refractivity contribution is 5.09. The second-order valence-electron chi connectivity index (χ2n) is 4.29. The minimum Gasteiger partial charge on any atom is -0.333 e. The van der Waals surface area contributed by atoms with Crippen molar-refractivity contribution in [3.05, 3.63) is 17.7 Å². The number of hydrogen-bond donors (Lipinski definition) is 1. The number of fused-ring (bicyclic) bond motifs is 1. The minimum absolute atomic E-state index is 0.470. The molecule has 1 atom stereocenters. The van der Waals surface area contributed by atoms with Crippen molar-refractivity contribution < 1.29 is 0 Å². The van der Waals surface area contributed by atoms with E-state index < -0.39 is 0 Å². The first-order chi connectivity index (χ1) is 7.35. The molecule has 1 aromatic rings. The molecule has 0 spiro atoms. The number of rotatable bonds is 3. The molecular weight excluding hydrogens is 186 g/mol. The van der Waals surface area contributed by atoms with Crippen LogP contribution in [-0.4, -0.2) is 16.1 Å². The van der Waals surface area contributed by atoms with Gasteiger partial charge < -0.3 is 9.88 Å². The van der Waals surface area contributed by atoms with Gasteiger partial charge in [-0.1, -0.05) is 20.3 Å². The van der Waals surface area contributed by atoms with Crippen molar-refractivity contribution in [2.24, 2.45) is 0 Å². The lowest BCUT2D eigenvalue weighted by Gasteiger charge is -2.14. The molecule has 2 rings (SSSR count). The third kappa shape index (κ3) is 2.23. The molecule has 2 heterocycles. The molecule has 0 bridgehead atoms. The van der Waals surface area contributed by atoms with E-state index in [9.17, 15) is 0 Å². The standard InChI is InChI=1S/C12H21N3/c1-3-6-11-12-14-10(4-2)9-15(12)8-5-7-13-11/h9,11,13H,3-8H2,1-2H3/t11-/m1/s1. The third-order valence-electron chi connectivity index (χ3n) is 3.08. The highest BCUT2D eigenvalue weighted by Gasteiger charge is 2.19. The van der Waals surface area contributed by atoms with Gasteiger partial charge in [0.15, 0.2) is 0 Å². The number of nitrogens with one attached hydrogen (secondary N) is 1. The maximum atomic E-state index is 4.73. The zero-order valence-corrected chi connectivity index (χ0v) is 9.79. The van der Waals surface area contributed by atoms with Crippen molar-refractivity contribution >= 4 is 0 Å². The van der Waals surface area contributed by atoms with E-state index in [0.717, 1.165) is 19.5 Å². The smallest absolute Gasteiger partial charge is 0.126 e. The van der Waals surface area contributed by atoms with Crippen LogP contribution < -0.4 is 5.32 Å². The minimum atomic E-state index is 0.470. The number of nitrogens with zero attached hydrogens (tertiary/aromatic N) is 2. The van der Waals surface area contributed by atoms with Gasteiger partial charge >= 0.3 is 0 Å². The van der Waals surface area contributed by atoms with E-state index in [2.05, 4.69) is 29.9 Å². The van der Waals surface area contributed by atoms with Gasteiger partial charge in [0.2, 0.25) is 0 Å². The summed E-state index contributed by atoms with van der Waals surface area (Å²) in [6, 6.07) is 0.470. The van der Waals surface area contributed by atoms with Crippen molar-refractivity contribution in [2.45, 2.75) is 52.1 Å². The normalized spacial score (nSPS) is 21.1. The average molecular weight is 207 g/mol. The second kappa shape index (κ2) is 4.79. The van der Waals surface area contributed by atoms with E-state index in [1.807, 2.05) is 0 Å². The summed E-state index contributed by atoms with van der Waals surface area (Å²) in [5.74, 6) is 1.26. The van der Waals surface area contributed by atoms with Crippen LogP contribution in [0.25, 0.3) is 0 Å². The zero-order chi connectivity index (χ0) is 10.7. The zero-order valence-electron chi connectivity index (χ0n) is 9.79. The van der Waals surface area contributed by atoms with E-state index in [1.54, 1.807) is 0 Å². The molecular formula is C12H21N3. The molecule has 3 nitrogen and oxygen atoms in total. The Kier molecular flexibility index (Phi) is 3.41. The van der Waals surface area contributed by atoms with Crippen LogP contribution in [0.1, 0.15) is 50.7 Å². The first-order valence-electron chi connectivity index (χ1n) is 6.14.